The van der Waals surface area contributed by atoms with Crippen LogP contribution in [0.3, 0.4) is 0 Å². The Bertz CT molecular complexity index is 1890. The van der Waals surface area contributed by atoms with Crippen LogP contribution < -0.4 is 5.32 Å². The highest BCUT2D eigenvalue weighted by atomic mass is 16.7. The number of allylic oxidation sites excluding steroid dienone is 1. The number of rotatable bonds is 27. The fraction of sp³-hybridized carbons (Fsp3) is 0.898. The minimum absolute atomic E-state index is 0.0913. The summed E-state index contributed by atoms with van der Waals surface area (Å²) in [5.74, 6) is 2.90. The maximum absolute atomic E-state index is 13.2. The second-order valence-electron chi connectivity index (χ2n) is 24.7. The van der Waals surface area contributed by atoms with E-state index in [-0.39, 0.29) is 24.2 Å². The predicted molar refractivity (Wildman–Crippen MR) is 285 cm³/mol. The quantitative estimate of drug-likeness (QED) is 0.0262. The van der Waals surface area contributed by atoms with E-state index in [0.29, 0.717) is 31.4 Å². The summed E-state index contributed by atoms with van der Waals surface area (Å²) in [5.41, 5.74) is 2.20. The number of esters is 3. The number of unbranched alkanes of at least 4 members (excludes halogenated alkanes) is 4. The van der Waals surface area contributed by atoms with E-state index in [1.807, 2.05) is 0 Å². The fourth-order valence-corrected chi connectivity index (χ4v) is 14.6. The Kier molecular flexibility index (Phi) is 23.8. The van der Waals surface area contributed by atoms with Crippen molar-refractivity contribution in [3.63, 3.8) is 0 Å². The molecule has 6 aliphatic rings. The highest BCUT2D eigenvalue weighted by Crippen LogP contribution is 2.67. The third-order valence-electron chi connectivity index (χ3n) is 18.7. The number of hydrogen-bond donors (Lipinski definition) is 4. The number of alkyl carbamates (subject to hydrolysis) is 1. The first-order valence-corrected chi connectivity index (χ1v) is 29.6. The minimum Gasteiger partial charge on any atom is -0.456 e. The summed E-state index contributed by atoms with van der Waals surface area (Å²) >= 11 is 0. The van der Waals surface area contributed by atoms with Gasteiger partial charge in [-0.05, 0) is 163 Å². The number of carbonyl (C=O) groups excluding carboxylic acids is 4. The Morgan fingerprint density at radius 2 is 1.29 bits per heavy atom. The Hall–Kier alpha value is -2.90. The lowest BCUT2D eigenvalue weighted by Gasteiger charge is -2.58. The van der Waals surface area contributed by atoms with Crippen molar-refractivity contribution in [1.29, 1.82) is 0 Å². The summed E-state index contributed by atoms with van der Waals surface area (Å²) < 4.78 is 46.1. The van der Waals surface area contributed by atoms with E-state index in [2.05, 4.69) is 50.9 Å². The largest absolute Gasteiger partial charge is 0.456 e. The van der Waals surface area contributed by atoms with Crippen LogP contribution in [0.1, 0.15) is 185 Å². The maximum atomic E-state index is 13.2. The molecule has 6 rings (SSSR count). The van der Waals surface area contributed by atoms with E-state index >= 15 is 0 Å². The second-order valence-corrected chi connectivity index (χ2v) is 24.7. The summed E-state index contributed by atoms with van der Waals surface area (Å²) in [7, 11) is 0. The van der Waals surface area contributed by atoms with Gasteiger partial charge in [-0.1, -0.05) is 72.0 Å². The van der Waals surface area contributed by atoms with Crippen LogP contribution in [0, 0.1) is 46.3 Å². The molecule has 4 N–H and O–H groups in total. The summed E-state index contributed by atoms with van der Waals surface area (Å²) in [5, 5.41) is 33.7. The molecule has 17 heteroatoms. The molecule has 4 unspecified atom stereocenters. The van der Waals surface area contributed by atoms with Gasteiger partial charge in [0, 0.05) is 47.0 Å². The molecule has 0 bridgehead atoms. The van der Waals surface area contributed by atoms with Gasteiger partial charge in [0.25, 0.3) is 0 Å². The zero-order chi connectivity index (χ0) is 55.3. The Morgan fingerprint density at radius 3 is 1.95 bits per heavy atom. The van der Waals surface area contributed by atoms with Crippen LogP contribution in [0.2, 0.25) is 0 Å². The van der Waals surface area contributed by atoms with Gasteiger partial charge in [-0.3, -0.25) is 14.4 Å². The molecule has 76 heavy (non-hydrogen) atoms. The minimum atomic E-state index is -1.36. The first kappa shape index (κ1) is 62.3. The number of aliphatic hydroxyl groups is 3. The summed E-state index contributed by atoms with van der Waals surface area (Å²) in [6.07, 6.45) is 10.6. The second kappa shape index (κ2) is 29.0. The monoisotopic (exact) mass is 1080 g/mol. The van der Waals surface area contributed by atoms with Crippen molar-refractivity contribution >= 4 is 24.0 Å². The zero-order valence-corrected chi connectivity index (χ0v) is 48.1. The Morgan fingerprint density at radius 1 is 0.671 bits per heavy atom. The fourth-order valence-electron chi connectivity index (χ4n) is 14.6. The standard InChI is InChI=1S/C59H100N2O15/c1-36(2)19-18-20-37(3)46-23-24-47-45-22-21-43-35-44(25-27-58(43,9)48(45)26-28-59(46,47)10)76-57(68)60-29-12-11-13-30-61(31-14-16-33-69-55-51(67)50(66)49(65)38(4)71-55)32-15-17-34-70-56-54(75-42(8)64)53(74-41(7)63)52(39(5)72-56)73-40(6)62/h21,36-39,44-56,65-67H,11-20,22-35H2,1-10H3,(H,60,68)/t37-,38?,39?,44-,45+,46-,47+,48+,49+,50?,51+,52+,53?,54+,55-,56-,58+,59-/m1/s1. The molecule has 0 aromatic carbocycles. The Labute approximate surface area is 454 Å². The van der Waals surface area contributed by atoms with Gasteiger partial charge >= 0.3 is 24.0 Å². The molecule has 17 nitrogen and oxygen atoms in total. The van der Waals surface area contributed by atoms with Gasteiger partial charge in [0.1, 0.15) is 24.4 Å². The van der Waals surface area contributed by atoms with E-state index in [1.54, 1.807) is 13.8 Å². The molecular weight excluding hydrogens is 977 g/mol. The average Bonchev–Trinajstić information content (AvgIpc) is 3.80. The lowest BCUT2D eigenvalue weighted by atomic mass is 9.47. The number of nitrogens with zero attached hydrogens (tertiary/aromatic N) is 1. The number of fused-ring (bicyclic) bond motifs is 5. The van der Waals surface area contributed by atoms with Crippen LogP contribution in [0.15, 0.2) is 11.6 Å². The van der Waals surface area contributed by atoms with Crippen LogP contribution in [0.4, 0.5) is 4.79 Å². The topological polar surface area (TPSA) is 218 Å². The molecule has 0 aromatic rings. The van der Waals surface area contributed by atoms with E-state index in [9.17, 15) is 34.5 Å². The molecule has 3 saturated carbocycles. The van der Waals surface area contributed by atoms with Crippen LogP contribution in [0.25, 0.3) is 0 Å². The summed E-state index contributed by atoms with van der Waals surface area (Å²) in [6.45, 7) is 22.9. The SMILES string of the molecule is CC(=O)OC1[C@@H](OC(C)=O)C(C)O[C@@H](OCCCCN(CCCCCNC(=O)O[C@@H]2CC[C@@]3(C)C(=CC[C@H]4[C@@H]5CC[C@H]([C@H](C)CCCC(C)C)[C@@]5(C)CC[C@@H]43)C2)CCCCO[C@@H]2OC(C)[C@H](O)C(O)[C@@H]2O)[C@H]1OC(C)=O. The van der Waals surface area contributed by atoms with Crippen LogP contribution in [-0.4, -0.2) is 151 Å². The van der Waals surface area contributed by atoms with Gasteiger partial charge in [0.2, 0.25) is 0 Å². The Balaban J connectivity index is 0.932. The molecule has 436 valence electrons. The van der Waals surface area contributed by atoms with Crippen molar-refractivity contribution in [1.82, 2.24) is 10.2 Å². The molecular formula is C59H100N2O15. The van der Waals surface area contributed by atoms with Crippen LogP contribution in [0.5, 0.6) is 0 Å². The first-order chi connectivity index (χ1) is 36.1. The number of nitrogens with one attached hydrogen (secondary N) is 1. The first-order valence-electron chi connectivity index (χ1n) is 29.6. The lowest BCUT2D eigenvalue weighted by Crippen LogP contribution is -2.61. The third kappa shape index (κ3) is 16.4. The van der Waals surface area contributed by atoms with E-state index < -0.39 is 79.3 Å². The maximum Gasteiger partial charge on any atom is 0.407 e. The highest BCUT2D eigenvalue weighted by molar-refractivity contribution is 5.68. The van der Waals surface area contributed by atoms with Crippen molar-refractivity contribution < 1.29 is 72.4 Å². The number of hydrogen-bond acceptors (Lipinski definition) is 16. The van der Waals surface area contributed by atoms with Crippen molar-refractivity contribution in [3.8, 4) is 0 Å². The average molecular weight is 1080 g/mol. The number of amides is 1. The number of carbonyl (C=O) groups is 4. The van der Waals surface area contributed by atoms with E-state index in [4.69, 9.17) is 37.9 Å². The van der Waals surface area contributed by atoms with Gasteiger partial charge in [0.15, 0.2) is 30.9 Å². The van der Waals surface area contributed by atoms with E-state index in [1.165, 1.54) is 77.7 Å². The molecule has 2 aliphatic heterocycles. The van der Waals surface area contributed by atoms with Gasteiger partial charge in [-0.25, -0.2) is 4.79 Å². The lowest BCUT2D eigenvalue weighted by molar-refractivity contribution is -0.300. The smallest absolute Gasteiger partial charge is 0.407 e. The van der Waals surface area contributed by atoms with Crippen molar-refractivity contribution in [2.45, 2.75) is 252 Å². The van der Waals surface area contributed by atoms with Gasteiger partial charge in [-0.2, -0.15) is 0 Å². The molecule has 2 heterocycles. The van der Waals surface area contributed by atoms with Gasteiger partial charge in [0.05, 0.1) is 12.2 Å². The molecule has 0 spiro atoms. The van der Waals surface area contributed by atoms with E-state index in [0.717, 1.165) is 107 Å². The van der Waals surface area contributed by atoms with Gasteiger partial charge < -0.3 is 63.4 Å². The molecule has 2 saturated heterocycles. The van der Waals surface area contributed by atoms with Crippen LogP contribution in [-0.2, 0) is 52.3 Å². The molecule has 0 radical (unpaired) electrons. The highest BCUT2D eigenvalue weighted by Gasteiger charge is 2.59. The zero-order valence-electron chi connectivity index (χ0n) is 48.1. The molecule has 0 aromatic heterocycles. The number of aliphatic hydroxyl groups excluding tert-OH is 3. The summed E-state index contributed by atoms with van der Waals surface area (Å²) in [4.78, 5) is 51.7. The summed E-state index contributed by atoms with van der Waals surface area (Å²) in [6, 6.07) is 0. The molecule has 5 fully saturated rings. The normalized spacial score (nSPS) is 36.6. The third-order valence-corrected chi connectivity index (χ3v) is 18.7. The van der Waals surface area contributed by atoms with Crippen molar-refractivity contribution in [2.24, 2.45) is 46.3 Å². The van der Waals surface area contributed by atoms with Crippen molar-refractivity contribution in [3.05, 3.63) is 11.6 Å². The molecule has 18 atom stereocenters. The van der Waals surface area contributed by atoms with Crippen LogP contribution >= 0.6 is 0 Å². The predicted octanol–water partition coefficient (Wildman–Crippen LogP) is 8.56. The molecule has 4 aliphatic carbocycles. The number of ether oxygens (including phenoxy) is 8. The van der Waals surface area contributed by atoms with Gasteiger partial charge in [-0.15, -0.1) is 0 Å². The molecule has 1 amide bonds. The van der Waals surface area contributed by atoms with Crippen molar-refractivity contribution in [2.75, 3.05) is 39.4 Å².